The van der Waals surface area contributed by atoms with E-state index in [2.05, 4.69) is 0 Å². The van der Waals surface area contributed by atoms with Crippen LogP contribution in [0.15, 0.2) is 0 Å². The number of methoxy groups -OCH3 is 1. The van der Waals surface area contributed by atoms with Crippen molar-refractivity contribution in [3.63, 3.8) is 0 Å². The predicted octanol–water partition coefficient (Wildman–Crippen LogP) is 0.114. The molecule has 1 rings (SSSR count). The largest absolute Gasteiger partial charge is 0.480 e. The minimum absolute atomic E-state index is 0.0649. The Bertz CT molecular complexity index is 275. The SMILES string of the molecule is CO[C@H](C)C(=O)N(CC(=O)O)C1CCOCC1. The van der Waals surface area contributed by atoms with E-state index in [1.165, 1.54) is 12.0 Å². The molecule has 1 fully saturated rings. The average Bonchev–Trinajstić information content (AvgIpc) is 2.35. The molecule has 17 heavy (non-hydrogen) atoms. The number of nitrogens with zero attached hydrogens (tertiary/aromatic N) is 1. The van der Waals surface area contributed by atoms with E-state index in [-0.39, 0.29) is 18.5 Å². The van der Waals surface area contributed by atoms with Gasteiger partial charge < -0.3 is 19.5 Å². The van der Waals surface area contributed by atoms with Crippen molar-refractivity contribution >= 4 is 11.9 Å². The van der Waals surface area contributed by atoms with E-state index in [4.69, 9.17) is 14.6 Å². The van der Waals surface area contributed by atoms with Gasteiger partial charge in [0, 0.05) is 26.4 Å². The van der Waals surface area contributed by atoms with Crippen LogP contribution in [0.3, 0.4) is 0 Å². The van der Waals surface area contributed by atoms with Gasteiger partial charge in [0.15, 0.2) is 0 Å². The molecule has 0 bridgehead atoms. The lowest BCUT2D eigenvalue weighted by atomic mass is 10.1. The van der Waals surface area contributed by atoms with E-state index in [0.717, 1.165) is 0 Å². The molecular formula is C11H19NO5. The maximum absolute atomic E-state index is 12.0. The van der Waals surface area contributed by atoms with Gasteiger partial charge in [-0.1, -0.05) is 0 Å². The van der Waals surface area contributed by atoms with E-state index in [1.807, 2.05) is 0 Å². The first-order chi connectivity index (χ1) is 8.06. The van der Waals surface area contributed by atoms with Crippen LogP contribution in [0.4, 0.5) is 0 Å². The topological polar surface area (TPSA) is 76.1 Å². The van der Waals surface area contributed by atoms with Crippen LogP contribution < -0.4 is 0 Å². The van der Waals surface area contributed by atoms with E-state index >= 15 is 0 Å². The zero-order valence-corrected chi connectivity index (χ0v) is 10.2. The minimum atomic E-state index is -1.01. The summed E-state index contributed by atoms with van der Waals surface area (Å²) < 4.78 is 10.2. The highest BCUT2D eigenvalue weighted by Crippen LogP contribution is 2.16. The highest BCUT2D eigenvalue weighted by atomic mass is 16.5. The number of hydrogen-bond acceptors (Lipinski definition) is 4. The summed E-state index contributed by atoms with van der Waals surface area (Å²) >= 11 is 0. The summed E-state index contributed by atoms with van der Waals surface area (Å²) in [5.74, 6) is -1.28. The van der Waals surface area contributed by atoms with Crippen LogP contribution in [-0.2, 0) is 19.1 Å². The molecule has 0 aromatic rings. The van der Waals surface area contributed by atoms with Gasteiger partial charge in [0.1, 0.15) is 12.6 Å². The molecule has 1 N–H and O–H groups in total. The third-order valence-electron chi connectivity index (χ3n) is 2.92. The zero-order chi connectivity index (χ0) is 12.8. The van der Waals surface area contributed by atoms with Crippen LogP contribution in [0, 0.1) is 0 Å². The van der Waals surface area contributed by atoms with Gasteiger partial charge in [-0.05, 0) is 19.8 Å². The number of amides is 1. The maximum atomic E-state index is 12.0. The number of rotatable bonds is 5. The van der Waals surface area contributed by atoms with Gasteiger partial charge >= 0.3 is 5.97 Å². The highest BCUT2D eigenvalue weighted by molar-refractivity contribution is 5.84. The molecule has 0 spiro atoms. The summed E-state index contributed by atoms with van der Waals surface area (Å²) in [5.41, 5.74) is 0. The summed E-state index contributed by atoms with van der Waals surface area (Å²) in [5, 5.41) is 8.85. The number of carbonyl (C=O) groups excluding carboxylic acids is 1. The monoisotopic (exact) mass is 245 g/mol. The number of ether oxygens (including phenoxy) is 2. The van der Waals surface area contributed by atoms with Gasteiger partial charge in [-0.25, -0.2) is 0 Å². The van der Waals surface area contributed by atoms with Crippen molar-refractivity contribution in [2.24, 2.45) is 0 Å². The van der Waals surface area contributed by atoms with Crippen molar-refractivity contribution < 1.29 is 24.2 Å². The van der Waals surface area contributed by atoms with E-state index in [9.17, 15) is 9.59 Å². The van der Waals surface area contributed by atoms with Crippen LogP contribution in [0.1, 0.15) is 19.8 Å². The fraction of sp³-hybridized carbons (Fsp3) is 0.818. The first-order valence-electron chi connectivity index (χ1n) is 5.69. The fourth-order valence-corrected chi connectivity index (χ4v) is 1.86. The highest BCUT2D eigenvalue weighted by Gasteiger charge is 2.30. The fourth-order valence-electron chi connectivity index (χ4n) is 1.86. The van der Waals surface area contributed by atoms with Crippen molar-refractivity contribution in [2.45, 2.75) is 31.9 Å². The van der Waals surface area contributed by atoms with Crippen molar-refractivity contribution in [3.8, 4) is 0 Å². The van der Waals surface area contributed by atoms with Gasteiger partial charge in [0.05, 0.1) is 0 Å². The second-order valence-corrected chi connectivity index (χ2v) is 4.08. The third-order valence-corrected chi connectivity index (χ3v) is 2.92. The van der Waals surface area contributed by atoms with Crippen molar-refractivity contribution in [1.82, 2.24) is 4.90 Å². The van der Waals surface area contributed by atoms with E-state index in [1.54, 1.807) is 6.92 Å². The van der Waals surface area contributed by atoms with Gasteiger partial charge in [-0.15, -0.1) is 0 Å². The molecule has 1 aliphatic heterocycles. The van der Waals surface area contributed by atoms with Crippen LogP contribution in [0.25, 0.3) is 0 Å². The molecule has 0 radical (unpaired) electrons. The molecule has 1 aliphatic rings. The number of hydrogen-bond donors (Lipinski definition) is 1. The lowest BCUT2D eigenvalue weighted by Gasteiger charge is -2.34. The van der Waals surface area contributed by atoms with Gasteiger partial charge in [-0.2, -0.15) is 0 Å². The minimum Gasteiger partial charge on any atom is -0.480 e. The Morgan fingerprint density at radius 3 is 2.53 bits per heavy atom. The first kappa shape index (κ1) is 13.9. The van der Waals surface area contributed by atoms with Gasteiger partial charge in [-0.3, -0.25) is 9.59 Å². The Labute approximate surface area is 100 Å². The molecule has 6 nitrogen and oxygen atoms in total. The van der Waals surface area contributed by atoms with Crippen LogP contribution in [0.5, 0.6) is 0 Å². The van der Waals surface area contributed by atoms with Crippen molar-refractivity contribution in [3.05, 3.63) is 0 Å². The molecule has 1 saturated heterocycles. The zero-order valence-electron chi connectivity index (χ0n) is 10.2. The molecule has 1 heterocycles. The smallest absolute Gasteiger partial charge is 0.323 e. The Hall–Kier alpha value is -1.14. The van der Waals surface area contributed by atoms with Crippen molar-refractivity contribution in [2.75, 3.05) is 26.9 Å². The number of carboxylic acids is 1. The Balaban J connectivity index is 2.70. The number of carboxylic acid groups (broad SMARTS) is 1. The molecule has 0 aliphatic carbocycles. The van der Waals surface area contributed by atoms with Crippen molar-refractivity contribution in [1.29, 1.82) is 0 Å². The van der Waals surface area contributed by atoms with E-state index < -0.39 is 12.1 Å². The van der Waals surface area contributed by atoms with Crippen LogP contribution >= 0.6 is 0 Å². The molecule has 0 saturated carbocycles. The van der Waals surface area contributed by atoms with Gasteiger partial charge in [0.25, 0.3) is 5.91 Å². The lowest BCUT2D eigenvalue weighted by Crippen LogP contribution is -2.49. The Kier molecular flexibility index (Phi) is 5.37. The maximum Gasteiger partial charge on any atom is 0.323 e. The summed E-state index contributed by atoms with van der Waals surface area (Å²) in [4.78, 5) is 24.2. The summed E-state index contributed by atoms with van der Waals surface area (Å²) in [7, 11) is 1.44. The molecule has 6 heteroatoms. The summed E-state index contributed by atoms with van der Waals surface area (Å²) in [6.07, 6.45) is 0.738. The standard InChI is InChI=1S/C11H19NO5/c1-8(16-2)11(15)12(7-10(13)14)9-3-5-17-6-4-9/h8-9H,3-7H2,1-2H3,(H,13,14)/t8-/m1/s1. The summed E-state index contributed by atoms with van der Waals surface area (Å²) in [6.45, 7) is 2.47. The third kappa shape index (κ3) is 3.98. The quantitative estimate of drug-likeness (QED) is 0.744. The summed E-state index contributed by atoms with van der Waals surface area (Å²) in [6, 6.07) is -0.0649. The Morgan fingerprint density at radius 1 is 1.47 bits per heavy atom. The molecular weight excluding hydrogens is 226 g/mol. The normalized spacial score (nSPS) is 18.7. The average molecular weight is 245 g/mol. The second kappa shape index (κ2) is 6.56. The Morgan fingerprint density at radius 2 is 2.06 bits per heavy atom. The first-order valence-corrected chi connectivity index (χ1v) is 5.69. The molecule has 0 aromatic carbocycles. The molecule has 0 aromatic heterocycles. The molecule has 1 amide bonds. The predicted molar refractivity (Wildman–Crippen MR) is 59.7 cm³/mol. The van der Waals surface area contributed by atoms with Crippen LogP contribution in [-0.4, -0.2) is 60.9 Å². The number of carbonyl (C=O) groups is 2. The van der Waals surface area contributed by atoms with Crippen LogP contribution in [0.2, 0.25) is 0 Å². The second-order valence-electron chi connectivity index (χ2n) is 4.08. The molecule has 98 valence electrons. The number of aliphatic carboxylic acids is 1. The molecule has 1 atom stereocenters. The molecule has 0 unspecified atom stereocenters. The lowest BCUT2D eigenvalue weighted by molar-refractivity contribution is -0.153. The van der Waals surface area contributed by atoms with E-state index in [0.29, 0.717) is 26.1 Å². The van der Waals surface area contributed by atoms with Gasteiger partial charge in [0.2, 0.25) is 0 Å².